The summed E-state index contributed by atoms with van der Waals surface area (Å²) in [5, 5.41) is 29.5. The molecule has 0 amide bonds. The molecule has 10 heteroatoms. The molecule has 31 heavy (non-hydrogen) atoms. The van der Waals surface area contributed by atoms with E-state index < -0.39 is 16.5 Å². The van der Waals surface area contributed by atoms with E-state index in [9.17, 15) is 18.4 Å². The molecular weight excluding hydrogens is 409 g/mol. The van der Waals surface area contributed by atoms with Crippen LogP contribution in [-0.2, 0) is 6.54 Å². The van der Waals surface area contributed by atoms with Crippen molar-refractivity contribution in [3.63, 3.8) is 0 Å². The second-order valence-corrected chi connectivity index (χ2v) is 7.44. The highest BCUT2D eigenvalue weighted by molar-refractivity contribution is 5.80. The smallest absolute Gasteiger partial charge is 0.436 e. The highest BCUT2D eigenvalue weighted by Crippen LogP contribution is 2.38. The minimum Gasteiger partial charge on any atom is -0.626 e. The van der Waals surface area contributed by atoms with Gasteiger partial charge in [0.25, 0.3) is 0 Å². The number of alkyl halides is 3. The summed E-state index contributed by atoms with van der Waals surface area (Å²) in [4.78, 5) is 0. The lowest BCUT2D eigenvalue weighted by atomic mass is 9.98. The summed E-state index contributed by atoms with van der Waals surface area (Å²) < 4.78 is 38.9. The molecule has 0 fully saturated rings. The summed E-state index contributed by atoms with van der Waals surface area (Å²) in [6.45, 7) is 1.36. The van der Waals surface area contributed by atoms with E-state index in [1.54, 1.807) is 19.1 Å². The molecule has 162 valence electrons. The monoisotopic (exact) mass is 430 g/mol. The third-order valence-electron chi connectivity index (χ3n) is 5.29. The lowest BCUT2D eigenvalue weighted by molar-refractivity contribution is -0.853. The van der Waals surface area contributed by atoms with Crippen molar-refractivity contribution in [3.05, 3.63) is 70.7 Å². The molecule has 0 saturated heterocycles. The number of rotatable bonds is 6. The Morgan fingerprint density at radius 1 is 1.06 bits per heavy atom. The van der Waals surface area contributed by atoms with Crippen LogP contribution >= 0.6 is 0 Å². The van der Waals surface area contributed by atoms with Gasteiger partial charge in [0, 0.05) is 17.5 Å². The molecule has 2 N–H and O–H groups in total. The van der Waals surface area contributed by atoms with Crippen LogP contribution < -0.4 is 5.32 Å². The van der Waals surface area contributed by atoms with E-state index in [0.717, 1.165) is 16.7 Å². The van der Waals surface area contributed by atoms with E-state index in [2.05, 4.69) is 25.9 Å². The maximum atomic E-state index is 13.3. The fourth-order valence-electron chi connectivity index (χ4n) is 3.89. The predicted octanol–water partition coefficient (Wildman–Crippen LogP) is 4.48. The van der Waals surface area contributed by atoms with Crippen LogP contribution in [0.15, 0.2) is 59.9 Å². The maximum Gasteiger partial charge on any atom is 0.436 e. The van der Waals surface area contributed by atoms with Gasteiger partial charge in [0.2, 0.25) is 0 Å². The number of hydrogen-bond donors (Lipinski definition) is 2. The summed E-state index contributed by atoms with van der Waals surface area (Å²) in [6, 6.07) is 14.8. The number of allylic oxidation sites excluding steroid dienone is 2. The quantitative estimate of drug-likeness (QED) is 0.445. The van der Waals surface area contributed by atoms with Crippen molar-refractivity contribution >= 4 is 0 Å². The van der Waals surface area contributed by atoms with Gasteiger partial charge in [0.05, 0.1) is 0 Å². The number of tetrazole rings is 1. The summed E-state index contributed by atoms with van der Waals surface area (Å²) in [5.41, 5.74) is 2.23. The fourth-order valence-corrected chi connectivity index (χ4v) is 3.89. The molecule has 1 atom stereocenters. The Morgan fingerprint density at radius 2 is 1.77 bits per heavy atom. The van der Waals surface area contributed by atoms with Gasteiger partial charge < -0.3 is 15.2 Å². The summed E-state index contributed by atoms with van der Waals surface area (Å²) in [6.07, 6.45) is -3.99. The van der Waals surface area contributed by atoms with Gasteiger partial charge in [-0.05, 0) is 28.0 Å². The van der Waals surface area contributed by atoms with E-state index in [1.165, 1.54) is 0 Å². The van der Waals surface area contributed by atoms with Gasteiger partial charge in [0.15, 0.2) is 18.2 Å². The van der Waals surface area contributed by atoms with Crippen molar-refractivity contribution < 1.29 is 17.8 Å². The molecular formula is C21H21F3N6O. The molecule has 0 aliphatic carbocycles. The Morgan fingerprint density at radius 3 is 2.39 bits per heavy atom. The lowest BCUT2D eigenvalue weighted by Crippen LogP contribution is -2.40. The number of hydrogen-bond acceptors (Lipinski definition) is 5. The summed E-state index contributed by atoms with van der Waals surface area (Å²) >= 11 is 0. The zero-order valence-corrected chi connectivity index (χ0v) is 16.8. The number of nitrogens with one attached hydrogen (secondary N) is 2. The third-order valence-corrected chi connectivity index (χ3v) is 5.29. The third kappa shape index (κ3) is 4.17. The molecule has 0 saturated carbocycles. The van der Waals surface area contributed by atoms with Crippen LogP contribution in [0.2, 0.25) is 0 Å². The number of hydroxylamine groups is 3. The van der Waals surface area contributed by atoms with E-state index in [-0.39, 0.29) is 25.3 Å². The van der Waals surface area contributed by atoms with E-state index >= 15 is 0 Å². The normalized spacial score (nSPS) is 19.0. The van der Waals surface area contributed by atoms with Crippen molar-refractivity contribution in [1.29, 1.82) is 0 Å². The summed E-state index contributed by atoms with van der Waals surface area (Å²) in [7, 11) is 0. The molecule has 0 spiro atoms. The molecule has 1 aliphatic rings. The average Bonchev–Trinajstić information content (AvgIpc) is 3.38. The Hall–Kier alpha value is -3.24. The Kier molecular flexibility index (Phi) is 5.50. The minimum atomic E-state index is -4.56. The van der Waals surface area contributed by atoms with Gasteiger partial charge in [-0.2, -0.15) is 13.2 Å². The SMILES string of the molecule is CCCC1=C(C(F)(F)F)NC[N+]1([O-])Cc1ccc(-c2ccccc2-c2nnn[nH]2)cc1. The first-order valence-corrected chi connectivity index (χ1v) is 9.87. The molecule has 0 bridgehead atoms. The minimum absolute atomic E-state index is 0.0735. The average molecular weight is 430 g/mol. The number of aromatic amines is 1. The van der Waals surface area contributed by atoms with E-state index in [4.69, 9.17) is 0 Å². The van der Waals surface area contributed by atoms with Crippen LogP contribution in [0, 0.1) is 5.21 Å². The first-order chi connectivity index (χ1) is 14.8. The highest BCUT2D eigenvalue weighted by atomic mass is 19.4. The number of H-pyrrole nitrogens is 1. The van der Waals surface area contributed by atoms with E-state index in [0.29, 0.717) is 17.8 Å². The second-order valence-electron chi connectivity index (χ2n) is 7.44. The van der Waals surface area contributed by atoms with Crippen molar-refractivity contribution in [2.24, 2.45) is 0 Å². The van der Waals surface area contributed by atoms with Crippen LogP contribution in [0.3, 0.4) is 0 Å². The van der Waals surface area contributed by atoms with Crippen LogP contribution in [0.4, 0.5) is 13.2 Å². The Labute approximate surface area is 176 Å². The van der Waals surface area contributed by atoms with Gasteiger partial charge >= 0.3 is 6.18 Å². The number of nitrogens with zero attached hydrogens (tertiary/aromatic N) is 4. The number of halogens is 3. The fraction of sp³-hybridized carbons (Fsp3) is 0.286. The van der Waals surface area contributed by atoms with Crippen molar-refractivity contribution in [2.75, 3.05) is 6.67 Å². The zero-order chi connectivity index (χ0) is 22.1. The number of benzene rings is 2. The van der Waals surface area contributed by atoms with Crippen molar-refractivity contribution in [3.8, 4) is 22.5 Å². The highest BCUT2D eigenvalue weighted by Gasteiger charge is 2.46. The zero-order valence-electron chi connectivity index (χ0n) is 16.8. The number of quaternary nitrogens is 1. The molecule has 1 aliphatic heterocycles. The molecule has 4 rings (SSSR count). The molecule has 3 aromatic rings. The van der Waals surface area contributed by atoms with E-state index in [1.807, 2.05) is 36.4 Å². The number of aromatic nitrogens is 4. The Balaban J connectivity index is 1.61. The molecule has 7 nitrogen and oxygen atoms in total. The standard InChI is InChI=1S/C21H21F3N6O/c1-2-5-18-19(21(22,23)24)25-13-30(18,31)12-14-8-10-15(11-9-14)16-6-3-4-7-17(16)20-26-28-29-27-20/h3-4,6-11,25H,2,5,12-13H2,1H3,(H,26,27,28,29). The van der Waals surface area contributed by atoms with Gasteiger partial charge in [-0.25, -0.2) is 5.10 Å². The summed E-state index contributed by atoms with van der Waals surface area (Å²) in [5.74, 6) is 0.529. The molecule has 0 radical (unpaired) electrons. The lowest BCUT2D eigenvalue weighted by Gasteiger charge is -2.39. The molecule has 2 heterocycles. The van der Waals surface area contributed by atoms with Crippen LogP contribution in [0.5, 0.6) is 0 Å². The van der Waals surface area contributed by atoms with Crippen LogP contribution in [0.25, 0.3) is 22.5 Å². The molecule has 1 unspecified atom stereocenters. The van der Waals surface area contributed by atoms with Crippen LogP contribution in [0.1, 0.15) is 25.3 Å². The predicted molar refractivity (Wildman–Crippen MR) is 108 cm³/mol. The van der Waals surface area contributed by atoms with Crippen molar-refractivity contribution in [2.45, 2.75) is 32.5 Å². The Bertz CT molecular complexity index is 1080. The molecule has 2 aromatic carbocycles. The molecule has 1 aromatic heterocycles. The topological polar surface area (TPSA) is 89.5 Å². The second kappa shape index (κ2) is 8.12. The van der Waals surface area contributed by atoms with Gasteiger partial charge in [-0.3, -0.25) is 0 Å². The largest absolute Gasteiger partial charge is 0.626 e. The van der Waals surface area contributed by atoms with Gasteiger partial charge in [-0.15, -0.1) is 5.10 Å². The van der Waals surface area contributed by atoms with Gasteiger partial charge in [-0.1, -0.05) is 55.5 Å². The maximum absolute atomic E-state index is 13.3. The van der Waals surface area contributed by atoms with Gasteiger partial charge in [0.1, 0.15) is 12.2 Å². The first kappa shape index (κ1) is 21.0. The van der Waals surface area contributed by atoms with Crippen molar-refractivity contribution in [1.82, 2.24) is 25.9 Å². The first-order valence-electron chi connectivity index (χ1n) is 9.87. The van der Waals surface area contributed by atoms with Crippen LogP contribution in [-0.4, -0.2) is 38.1 Å².